The highest BCUT2D eigenvalue weighted by molar-refractivity contribution is 5.78. The van der Waals surface area contributed by atoms with Gasteiger partial charge < -0.3 is 20.4 Å². The molecule has 0 spiro atoms. The van der Waals surface area contributed by atoms with Crippen LogP contribution >= 0.6 is 0 Å². The quantitative estimate of drug-likeness (QED) is 0.731. The molecule has 0 aliphatic carbocycles. The fourth-order valence-corrected chi connectivity index (χ4v) is 1.91. The highest BCUT2D eigenvalue weighted by Crippen LogP contribution is 2.24. The van der Waals surface area contributed by atoms with Gasteiger partial charge in [0.1, 0.15) is 11.5 Å². The molecule has 1 aromatic rings. The number of carbonyl (C=O) groups is 1. The van der Waals surface area contributed by atoms with E-state index in [4.69, 9.17) is 0 Å². The van der Waals surface area contributed by atoms with Crippen LogP contribution in [0.25, 0.3) is 0 Å². The zero-order valence-corrected chi connectivity index (χ0v) is 11.7. The number of benzene rings is 1. The Balaban J connectivity index is 2.60. The predicted octanol–water partition coefficient (Wildman–Crippen LogP) is 1.62. The molecule has 0 fully saturated rings. The molecule has 1 amide bonds. The van der Waals surface area contributed by atoms with Crippen molar-refractivity contribution in [3.8, 4) is 11.5 Å². The number of aromatic hydroxyl groups is 2. The third-order valence-electron chi connectivity index (χ3n) is 3.10. The van der Waals surface area contributed by atoms with E-state index in [2.05, 4.69) is 5.32 Å². The summed E-state index contributed by atoms with van der Waals surface area (Å²) < 4.78 is 0. The molecule has 0 heterocycles. The van der Waals surface area contributed by atoms with Crippen molar-refractivity contribution < 1.29 is 15.0 Å². The maximum Gasteiger partial charge on any atom is 0.236 e. The molecule has 0 saturated heterocycles. The monoisotopic (exact) mass is 266 g/mol. The van der Waals surface area contributed by atoms with E-state index >= 15 is 0 Å². The van der Waals surface area contributed by atoms with Gasteiger partial charge in [-0.25, -0.2) is 0 Å². The number of nitrogens with one attached hydrogen (secondary N) is 1. The lowest BCUT2D eigenvalue weighted by Gasteiger charge is -2.21. The summed E-state index contributed by atoms with van der Waals surface area (Å²) in [5.74, 6) is 0.0682. The van der Waals surface area contributed by atoms with Crippen LogP contribution in [-0.4, -0.2) is 40.7 Å². The molecular weight excluding hydrogens is 244 g/mol. The molecule has 5 nitrogen and oxygen atoms in total. The molecule has 0 saturated carbocycles. The Morgan fingerprint density at radius 1 is 1.21 bits per heavy atom. The second-order valence-corrected chi connectivity index (χ2v) is 4.45. The van der Waals surface area contributed by atoms with Crippen LogP contribution in [0.15, 0.2) is 18.2 Å². The molecule has 1 unspecified atom stereocenters. The minimum absolute atomic E-state index is 0.0127. The van der Waals surface area contributed by atoms with Crippen molar-refractivity contribution >= 4 is 5.91 Å². The van der Waals surface area contributed by atoms with Crippen LogP contribution < -0.4 is 5.32 Å². The van der Waals surface area contributed by atoms with Crippen LogP contribution in [-0.2, 0) is 4.79 Å². The van der Waals surface area contributed by atoms with Gasteiger partial charge in [-0.1, -0.05) is 0 Å². The molecule has 106 valence electrons. The second-order valence-electron chi connectivity index (χ2n) is 4.45. The number of likely N-dealkylation sites (N-methyl/N-ethyl adjacent to an activating group) is 1. The first kappa shape index (κ1) is 15.3. The van der Waals surface area contributed by atoms with Gasteiger partial charge >= 0.3 is 0 Å². The van der Waals surface area contributed by atoms with Gasteiger partial charge in [-0.15, -0.1) is 0 Å². The van der Waals surface area contributed by atoms with E-state index in [0.29, 0.717) is 13.1 Å². The van der Waals surface area contributed by atoms with Gasteiger partial charge in [0, 0.05) is 25.2 Å². The van der Waals surface area contributed by atoms with Crippen molar-refractivity contribution in [2.75, 3.05) is 19.6 Å². The van der Waals surface area contributed by atoms with Gasteiger partial charge in [0.2, 0.25) is 5.91 Å². The zero-order chi connectivity index (χ0) is 14.4. The van der Waals surface area contributed by atoms with E-state index in [-0.39, 0.29) is 30.0 Å². The maximum absolute atomic E-state index is 11.8. The first-order chi connectivity index (χ1) is 8.97. The van der Waals surface area contributed by atoms with Crippen LogP contribution in [0, 0.1) is 0 Å². The minimum atomic E-state index is -0.127. The predicted molar refractivity (Wildman–Crippen MR) is 74.1 cm³/mol. The molecular formula is C14H22N2O3. The normalized spacial score (nSPS) is 12.2. The standard InChI is InChI=1S/C14H22N2O3/c1-4-16(5-2)14(19)9-15-10(3)11-6-12(17)8-13(18)7-11/h6-8,10,15,17-18H,4-5,9H2,1-3H3. The van der Waals surface area contributed by atoms with Gasteiger partial charge in [-0.3, -0.25) is 4.79 Å². The molecule has 0 aliphatic rings. The number of hydrogen-bond acceptors (Lipinski definition) is 4. The van der Waals surface area contributed by atoms with E-state index in [9.17, 15) is 15.0 Å². The molecule has 0 aliphatic heterocycles. The summed E-state index contributed by atoms with van der Waals surface area (Å²) in [5, 5.41) is 21.9. The lowest BCUT2D eigenvalue weighted by Crippen LogP contribution is -2.38. The van der Waals surface area contributed by atoms with Gasteiger partial charge in [-0.2, -0.15) is 0 Å². The van der Waals surface area contributed by atoms with E-state index in [1.54, 1.807) is 17.0 Å². The number of hydrogen-bond donors (Lipinski definition) is 3. The average Bonchev–Trinajstić information content (AvgIpc) is 2.36. The van der Waals surface area contributed by atoms with Gasteiger partial charge in [0.05, 0.1) is 6.54 Å². The van der Waals surface area contributed by atoms with E-state index in [1.807, 2.05) is 20.8 Å². The van der Waals surface area contributed by atoms with Crippen molar-refractivity contribution in [2.45, 2.75) is 26.8 Å². The maximum atomic E-state index is 11.8. The van der Waals surface area contributed by atoms with Gasteiger partial charge in [0.25, 0.3) is 0 Å². The summed E-state index contributed by atoms with van der Waals surface area (Å²) in [6, 6.07) is 4.29. The Hall–Kier alpha value is -1.75. The summed E-state index contributed by atoms with van der Waals surface area (Å²) >= 11 is 0. The number of phenolic OH excluding ortho intramolecular Hbond substituents is 2. The first-order valence-corrected chi connectivity index (χ1v) is 6.52. The third-order valence-corrected chi connectivity index (χ3v) is 3.10. The Morgan fingerprint density at radius 2 is 1.74 bits per heavy atom. The molecule has 1 rings (SSSR count). The third kappa shape index (κ3) is 4.44. The minimum Gasteiger partial charge on any atom is -0.508 e. The van der Waals surface area contributed by atoms with Crippen LogP contribution in [0.1, 0.15) is 32.4 Å². The van der Waals surface area contributed by atoms with E-state index in [1.165, 1.54) is 6.07 Å². The Bertz CT molecular complexity index is 410. The number of rotatable bonds is 6. The topological polar surface area (TPSA) is 72.8 Å². The fourth-order valence-electron chi connectivity index (χ4n) is 1.91. The Labute approximate surface area is 113 Å². The molecule has 5 heteroatoms. The summed E-state index contributed by atoms with van der Waals surface area (Å²) in [5.41, 5.74) is 0.741. The van der Waals surface area contributed by atoms with Gasteiger partial charge in [0.15, 0.2) is 0 Å². The fraction of sp³-hybridized carbons (Fsp3) is 0.500. The molecule has 19 heavy (non-hydrogen) atoms. The SMILES string of the molecule is CCN(CC)C(=O)CNC(C)c1cc(O)cc(O)c1. The van der Waals surface area contributed by atoms with Crippen LogP contribution in [0.2, 0.25) is 0 Å². The number of phenols is 2. The molecule has 0 radical (unpaired) electrons. The summed E-state index contributed by atoms with van der Waals surface area (Å²) in [4.78, 5) is 13.6. The van der Waals surface area contributed by atoms with Crippen LogP contribution in [0.4, 0.5) is 0 Å². The van der Waals surface area contributed by atoms with Crippen LogP contribution in [0.5, 0.6) is 11.5 Å². The van der Waals surface area contributed by atoms with Gasteiger partial charge in [-0.05, 0) is 38.5 Å². The van der Waals surface area contributed by atoms with Crippen LogP contribution in [0.3, 0.4) is 0 Å². The molecule has 3 N–H and O–H groups in total. The van der Waals surface area contributed by atoms with E-state index < -0.39 is 0 Å². The van der Waals surface area contributed by atoms with Crippen molar-refractivity contribution in [3.63, 3.8) is 0 Å². The lowest BCUT2D eigenvalue weighted by atomic mass is 10.1. The Kier molecular flexibility index (Phi) is 5.63. The summed E-state index contributed by atoms with van der Waals surface area (Å²) in [6.45, 7) is 7.38. The highest BCUT2D eigenvalue weighted by Gasteiger charge is 2.12. The summed E-state index contributed by atoms with van der Waals surface area (Å²) in [7, 11) is 0. The molecule has 1 aromatic carbocycles. The number of carbonyl (C=O) groups excluding carboxylic acids is 1. The second kappa shape index (κ2) is 6.99. The first-order valence-electron chi connectivity index (χ1n) is 6.52. The van der Waals surface area contributed by atoms with Crippen molar-refractivity contribution in [3.05, 3.63) is 23.8 Å². The zero-order valence-electron chi connectivity index (χ0n) is 11.7. The number of nitrogens with zero attached hydrogens (tertiary/aromatic N) is 1. The van der Waals surface area contributed by atoms with Crippen molar-refractivity contribution in [1.29, 1.82) is 0 Å². The lowest BCUT2D eigenvalue weighted by molar-refractivity contribution is -0.129. The Morgan fingerprint density at radius 3 is 2.21 bits per heavy atom. The average molecular weight is 266 g/mol. The smallest absolute Gasteiger partial charge is 0.236 e. The van der Waals surface area contributed by atoms with Crippen molar-refractivity contribution in [1.82, 2.24) is 10.2 Å². The summed E-state index contributed by atoms with van der Waals surface area (Å²) in [6.07, 6.45) is 0. The largest absolute Gasteiger partial charge is 0.508 e. The van der Waals surface area contributed by atoms with Crippen molar-refractivity contribution in [2.24, 2.45) is 0 Å². The molecule has 0 aromatic heterocycles. The van der Waals surface area contributed by atoms with E-state index in [0.717, 1.165) is 5.56 Å². The highest BCUT2D eigenvalue weighted by atomic mass is 16.3. The number of amides is 1. The molecule has 0 bridgehead atoms. The molecule has 1 atom stereocenters.